The summed E-state index contributed by atoms with van der Waals surface area (Å²) >= 11 is 0. The highest BCUT2D eigenvalue weighted by Crippen LogP contribution is 2.27. The second kappa shape index (κ2) is 5.98. The molecule has 0 spiro atoms. The minimum atomic E-state index is -4.50. The zero-order valence-electron chi connectivity index (χ0n) is 11.2. The summed E-state index contributed by atoms with van der Waals surface area (Å²) in [5.41, 5.74) is -1.01. The summed E-state index contributed by atoms with van der Waals surface area (Å²) in [7, 11) is 0. The van der Waals surface area contributed by atoms with Crippen molar-refractivity contribution >= 4 is 5.91 Å². The first kappa shape index (κ1) is 15.1. The van der Waals surface area contributed by atoms with Crippen molar-refractivity contribution in [1.82, 2.24) is 24.9 Å². The Morgan fingerprint density at radius 3 is 2.71 bits per heavy atom. The molecule has 0 aromatic carbocycles. The van der Waals surface area contributed by atoms with E-state index in [9.17, 15) is 18.0 Å². The Morgan fingerprint density at radius 1 is 1.38 bits per heavy atom. The molecule has 0 bridgehead atoms. The average Bonchev–Trinajstić information content (AvgIpc) is 2.98. The molecule has 2 rings (SSSR count). The predicted molar refractivity (Wildman–Crippen MR) is 67.1 cm³/mol. The Balaban J connectivity index is 1.85. The van der Waals surface area contributed by atoms with Gasteiger partial charge in [0, 0.05) is 24.6 Å². The van der Waals surface area contributed by atoms with E-state index in [4.69, 9.17) is 0 Å². The van der Waals surface area contributed by atoms with E-state index >= 15 is 0 Å². The molecule has 2 aromatic heterocycles. The third kappa shape index (κ3) is 4.33. The molecule has 0 aliphatic heterocycles. The van der Waals surface area contributed by atoms with Gasteiger partial charge in [-0.25, -0.2) is 0 Å². The monoisotopic (exact) mass is 301 g/mol. The summed E-state index contributed by atoms with van der Waals surface area (Å²) in [6.45, 7) is 2.00. The number of nitrogens with zero attached hydrogens (tertiary/aromatic N) is 4. The number of hydrogen-bond donors (Lipinski definition) is 1. The highest BCUT2D eigenvalue weighted by atomic mass is 19.4. The lowest BCUT2D eigenvalue weighted by atomic mass is 10.3. The molecular weight excluding hydrogens is 287 g/mol. The number of alkyl halides is 3. The van der Waals surface area contributed by atoms with Crippen molar-refractivity contribution in [3.63, 3.8) is 0 Å². The van der Waals surface area contributed by atoms with E-state index in [0.717, 1.165) is 16.9 Å². The van der Waals surface area contributed by atoms with Crippen LogP contribution in [0.4, 0.5) is 13.2 Å². The highest BCUT2D eigenvalue weighted by Gasteiger charge is 2.33. The van der Waals surface area contributed by atoms with Crippen LogP contribution in [0.1, 0.15) is 12.6 Å². The molecule has 1 N–H and O–H groups in total. The zero-order valence-corrected chi connectivity index (χ0v) is 11.2. The van der Waals surface area contributed by atoms with Gasteiger partial charge in [0.1, 0.15) is 6.54 Å². The fourth-order valence-electron chi connectivity index (χ4n) is 1.80. The van der Waals surface area contributed by atoms with Crippen LogP contribution in [0.3, 0.4) is 0 Å². The Kier molecular flexibility index (Phi) is 4.29. The quantitative estimate of drug-likeness (QED) is 0.905. The van der Waals surface area contributed by atoms with Crippen LogP contribution in [-0.2, 0) is 24.1 Å². The summed E-state index contributed by atoms with van der Waals surface area (Å²) < 4.78 is 39.7. The van der Waals surface area contributed by atoms with Crippen molar-refractivity contribution in [2.75, 3.05) is 0 Å². The fourth-order valence-corrected chi connectivity index (χ4v) is 1.80. The molecule has 0 fully saturated rings. The third-order valence-electron chi connectivity index (χ3n) is 2.66. The average molecular weight is 301 g/mol. The first-order chi connectivity index (χ1) is 9.84. The number of rotatable bonds is 5. The Hall–Kier alpha value is -2.32. The van der Waals surface area contributed by atoms with Crippen LogP contribution in [0, 0.1) is 0 Å². The predicted octanol–water partition coefficient (Wildman–Crippen LogP) is 1.30. The third-order valence-corrected chi connectivity index (χ3v) is 2.66. The second-order valence-electron chi connectivity index (χ2n) is 4.59. The summed E-state index contributed by atoms with van der Waals surface area (Å²) in [6.07, 6.45) is -0.00159. The van der Waals surface area contributed by atoms with Crippen LogP contribution in [0.2, 0.25) is 0 Å². The van der Waals surface area contributed by atoms with Crippen molar-refractivity contribution < 1.29 is 18.0 Å². The number of carbonyl (C=O) groups is 1. The molecule has 0 unspecified atom stereocenters. The van der Waals surface area contributed by atoms with Gasteiger partial charge in [0.15, 0.2) is 5.69 Å². The highest BCUT2D eigenvalue weighted by molar-refractivity contribution is 5.75. The van der Waals surface area contributed by atoms with Crippen LogP contribution >= 0.6 is 0 Å². The van der Waals surface area contributed by atoms with Gasteiger partial charge in [-0.3, -0.25) is 14.2 Å². The number of aromatic nitrogens is 4. The van der Waals surface area contributed by atoms with Crippen LogP contribution in [0.5, 0.6) is 0 Å². The first-order valence-corrected chi connectivity index (χ1v) is 6.22. The molecule has 0 aliphatic rings. The zero-order chi connectivity index (χ0) is 15.5. The molecular formula is C12H14F3N5O. The number of carbonyl (C=O) groups excluding carboxylic acids is 1. The molecule has 114 valence electrons. The van der Waals surface area contributed by atoms with E-state index in [0.29, 0.717) is 6.54 Å². The summed E-state index contributed by atoms with van der Waals surface area (Å²) in [4.78, 5) is 11.7. The maximum absolute atomic E-state index is 12.4. The SMILES string of the molecule is C[C@H](Cn1cccn1)NC(=O)Cn1ccc(C(F)(F)F)n1. The molecule has 6 nitrogen and oxygen atoms in total. The molecule has 0 radical (unpaired) electrons. The molecule has 21 heavy (non-hydrogen) atoms. The topological polar surface area (TPSA) is 64.7 Å². The van der Waals surface area contributed by atoms with Crippen LogP contribution in [0.25, 0.3) is 0 Å². The molecule has 1 amide bonds. The lowest BCUT2D eigenvalue weighted by molar-refractivity contribution is -0.141. The van der Waals surface area contributed by atoms with Gasteiger partial charge in [-0.05, 0) is 19.1 Å². The van der Waals surface area contributed by atoms with Gasteiger partial charge in [-0.2, -0.15) is 23.4 Å². The van der Waals surface area contributed by atoms with Gasteiger partial charge in [0.25, 0.3) is 0 Å². The summed E-state index contributed by atoms with van der Waals surface area (Å²) in [5, 5.41) is 9.99. The maximum atomic E-state index is 12.4. The number of nitrogens with one attached hydrogen (secondary N) is 1. The normalized spacial score (nSPS) is 13.1. The number of halogens is 3. The smallest absolute Gasteiger partial charge is 0.350 e. The largest absolute Gasteiger partial charge is 0.435 e. The van der Waals surface area contributed by atoms with Crippen molar-refractivity contribution in [3.05, 3.63) is 36.4 Å². The Bertz CT molecular complexity index is 590. The van der Waals surface area contributed by atoms with Crippen LogP contribution in [-0.4, -0.2) is 31.5 Å². The number of amides is 1. The van der Waals surface area contributed by atoms with E-state index in [1.165, 1.54) is 0 Å². The van der Waals surface area contributed by atoms with Crippen molar-refractivity contribution in [2.45, 2.75) is 32.2 Å². The van der Waals surface area contributed by atoms with Crippen molar-refractivity contribution in [3.8, 4) is 0 Å². The molecule has 1 atom stereocenters. The van der Waals surface area contributed by atoms with Gasteiger partial charge in [-0.1, -0.05) is 0 Å². The van der Waals surface area contributed by atoms with Crippen molar-refractivity contribution in [1.29, 1.82) is 0 Å². The summed E-state index contributed by atoms with van der Waals surface area (Å²) in [6, 6.07) is 2.40. The van der Waals surface area contributed by atoms with E-state index in [1.807, 2.05) is 0 Å². The maximum Gasteiger partial charge on any atom is 0.435 e. The van der Waals surface area contributed by atoms with Crippen LogP contribution < -0.4 is 5.32 Å². The molecule has 9 heteroatoms. The Morgan fingerprint density at radius 2 is 2.14 bits per heavy atom. The molecule has 0 saturated heterocycles. The minimum Gasteiger partial charge on any atom is -0.350 e. The van der Waals surface area contributed by atoms with Gasteiger partial charge >= 0.3 is 6.18 Å². The lowest BCUT2D eigenvalue weighted by Gasteiger charge is -2.14. The van der Waals surface area contributed by atoms with Gasteiger partial charge in [0.2, 0.25) is 5.91 Å². The van der Waals surface area contributed by atoms with Gasteiger partial charge in [-0.15, -0.1) is 0 Å². The van der Waals surface area contributed by atoms with E-state index in [-0.39, 0.29) is 12.6 Å². The van der Waals surface area contributed by atoms with E-state index in [2.05, 4.69) is 15.5 Å². The minimum absolute atomic E-state index is 0.199. The van der Waals surface area contributed by atoms with E-state index in [1.54, 1.807) is 30.1 Å². The lowest BCUT2D eigenvalue weighted by Crippen LogP contribution is -2.38. The number of hydrogen-bond acceptors (Lipinski definition) is 3. The van der Waals surface area contributed by atoms with E-state index < -0.39 is 17.8 Å². The van der Waals surface area contributed by atoms with Gasteiger partial charge in [0.05, 0.1) is 6.54 Å². The van der Waals surface area contributed by atoms with Gasteiger partial charge < -0.3 is 5.32 Å². The Labute approximate surface area is 118 Å². The van der Waals surface area contributed by atoms with Crippen molar-refractivity contribution in [2.24, 2.45) is 0 Å². The molecule has 0 saturated carbocycles. The van der Waals surface area contributed by atoms with Crippen LogP contribution in [0.15, 0.2) is 30.7 Å². The molecule has 2 aromatic rings. The fraction of sp³-hybridized carbons (Fsp3) is 0.417. The molecule has 2 heterocycles. The second-order valence-corrected chi connectivity index (χ2v) is 4.59. The summed E-state index contributed by atoms with van der Waals surface area (Å²) in [5.74, 6) is -0.411. The first-order valence-electron chi connectivity index (χ1n) is 6.22. The standard InChI is InChI=1S/C12H14F3N5O/c1-9(7-19-5-2-4-16-19)17-11(21)8-20-6-3-10(18-20)12(13,14)15/h2-6,9H,7-8H2,1H3,(H,17,21)/t9-/m1/s1. The molecule has 0 aliphatic carbocycles.